The number of carbonyl (C=O) groups excluding carboxylic acids is 2. The van der Waals surface area contributed by atoms with Gasteiger partial charge in [-0.25, -0.2) is 4.79 Å². The molecular formula is C19H25BrN2O3. The summed E-state index contributed by atoms with van der Waals surface area (Å²) in [5.74, 6) is -0.0941. The smallest absolute Gasteiger partial charge is 0.410 e. The van der Waals surface area contributed by atoms with E-state index in [1.807, 2.05) is 57.2 Å². The van der Waals surface area contributed by atoms with Gasteiger partial charge >= 0.3 is 6.09 Å². The highest BCUT2D eigenvalue weighted by molar-refractivity contribution is 9.11. The molecule has 0 radical (unpaired) electrons. The molecule has 25 heavy (non-hydrogen) atoms. The number of halogens is 1. The van der Waals surface area contributed by atoms with E-state index in [2.05, 4.69) is 21.2 Å². The summed E-state index contributed by atoms with van der Waals surface area (Å²) in [5, 5.41) is 3.02. The molecule has 0 spiro atoms. The van der Waals surface area contributed by atoms with Gasteiger partial charge in [0.15, 0.2) is 0 Å². The van der Waals surface area contributed by atoms with Crippen LogP contribution in [-0.2, 0) is 9.53 Å². The molecule has 5 nitrogen and oxygen atoms in total. The van der Waals surface area contributed by atoms with Crippen LogP contribution >= 0.6 is 15.9 Å². The van der Waals surface area contributed by atoms with Crippen molar-refractivity contribution in [3.05, 3.63) is 46.5 Å². The topological polar surface area (TPSA) is 58.6 Å². The van der Waals surface area contributed by atoms with Crippen molar-refractivity contribution in [2.24, 2.45) is 0 Å². The molecule has 1 saturated heterocycles. The normalized spacial score (nSPS) is 27.7. The number of amides is 2. The second kappa shape index (κ2) is 8.52. The van der Waals surface area contributed by atoms with Crippen molar-refractivity contribution in [3.63, 3.8) is 0 Å². The summed E-state index contributed by atoms with van der Waals surface area (Å²) in [6.45, 7) is 6.61. The lowest BCUT2D eigenvalue weighted by Crippen LogP contribution is -2.40. The molecule has 1 heterocycles. The molecule has 0 aromatic carbocycles. The van der Waals surface area contributed by atoms with Crippen molar-refractivity contribution in [1.29, 1.82) is 0 Å². The minimum atomic E-state index is -0.512. The van der Waals surface area contributed by atoms with E-state index in [9.17, 15) is 9.59 Å². The average Bonchev–Trinajstić information content (AvgIpc) is 2.98. The molecule has 1 N–H and O–H groups in total. The zero-order chi connectivity index (χ0) is 18.4. The number of nitrogens with zero attached hydrogens (tertiary/aromatic N) is 1. The van der Waals surface area contributed by atoms with Crippen LogP contribution in [0.1, 0.15) is 33.6 Å². The van der Waals surface area contributed by atoms with Crippen LogP contribution in [0.15, 0.2) is 46.5 Å². The van der Waals surface area contributed by atoms with Gasteiger partial charge in [-0.3, -0.25) is 4.79 Å². The van der Waals surface area contributed by atoms with E-state index in [1.54, 1.807) is 4.90 Å². The van der Waals surface area contributed by atoms with Gasteiger partial charge in [0.25, 0.3) is 0 Å². The van der Waals surface area contributed by atoms with Gasteiger partial charge in [-0.05, 0) is 45.8 Å². The van der Waals surface area contributed by atoms with Crippen LogP contribution in [0.25, 0.3) is 0 Å². The third kappa shape index (κ3) is 6.53. The van der Waals surface area contributed by atoms with Gasteiger partial charge in [-0.2, -0.15) is 0 Å². The number of ether oxygens (including phenoxy) is 1. The van der Waals surface area contributed by atoms with E-state index in [4.69, 9.17) is 4.74 Å². The third-order valence-corrected chi connectivity index (χ3v) is 4.28. The van der Waals surface area contributed by atoms with Crippen LogP contribution in [0.4, 0.5) is 4.79 Å². The molecule has 2 rings (SSSR count). The minimum Gasteiger partial charge on any atom is -0.444 e. The highest BCUT2D eigenvalue weighted by Crippen LogP contribution is 2.17. The van der Waals surface area contributed by atoms with Crippen LogP contribution in [0, 0.1) is 0 Å². The Labute approximate surface area is 157 Å². The number of rotatable bonds is 2. The summed E-state index contributed by atoms with van der Waals surface area (Å²) in [4.78, 5) is 26.3. The fourth-order valence-electron chi connectivity index (χ4n) is 2.55. The van der Waals surface area contributed by atoms with E-state index in [0.717, 1.165) is 10.9 Å². The summed E-state index contributed by atoms with van der Waals surface area (Å²) in [7, 11) is 0. The van der Waals surface area contributed by atoms with Gasteiger partial charge in [0.2, 0.25) is 5.91 Å². The Bertz CT molecular complexity index is 642. The number of carbonyl (C=O) groups is 2. The Morgan fingerprint density at radius 2 is 2.04 bits per heavy atom. The predicted molar refractivity (Wildman–Crippen MR) is 102 cm³/mol. The monoisotopic (exact) mass is 408 g/mol. The molecule has 0 bridgehead atoms. The fourth-order valence-corrected chi connectivity index (χ4v) is 2.86. The fraction of sp³-hybridized carbons (Fsp3) is 0.474. The van der Waals surface area contributed by atoms with Crippen molar-refractivity contribution < 1.29 is 14.3 Å². The van der Waals surface area contributed by atoms with Crippen molar-refractivity contribution >= 4 is 27.9 Å². The maximum absolute atomic E-state index is 12.5. The highest BCUT2D eigenvalue weighted by atomic mass is 79.9. The van der Waals surface area contributed by atoms with Crippen molar-refractivity contribution in [1.82, 2.24) is 10.2 Å². The number of hydrogen-bond donors (Lipinski definition) is 1. The number of hydrogen-bond acceptors (Lipinski definition) is 3. The Morgan fingerprint density at radius 3 is 2.76 bits per heavy atom. The van der Waals surface area contributed by atoms with Gasteiger partial charge in [-0.1, -0.05) is 40.2 Å². The van der Waals surface area contributed by atoms with E-state index in [0.29, 0.717) is 25.1 Å². The summed E-state index contributed by atoms with van der Waals surface area (Å²) in [6.07, 6.45) is 12.3. The van der Waals surface area contributed by atoms with E-state index in [-0.39, 0.29) is 18.0 Å². The lowest BCUT2D eigenvalue weighted by molar-refractivity contribution is -0.118. The third-order valence-electron chi connectivity index (χ3n) is 3.75. The molecule has 0 saturated carbocycles. The predicted octanol–water partition coefficient (Wildman–Crippen LogP) is 3.83. The molecule has 2 amide bonds. The van der Waals surface area contributed by atoms with Crippen LogP contribution in [-0.4, -0.2) is 41.6 Å². The number of likely N-dealkylation sites (tertiary alicyclic amines) is 1. The van der Waals surface area contributed by atoms with Crippen LogP contribution < -0.4 is 5.32 Å². The molecule has 1 aliphatic carbocycles. The second-order valence-electron chi connectivity index (χ2n) is 7.12. The molecule has 0 aromatic heterocycles. The molecule has 6 heteroatoms. The number of allylic oxidation sites excluding steroid dienone is 7. The quantitative estimate of drug-likeness (QED) is 0.754. The van der Waals surface area contributed by atoms with Gasteiger partial charge in [0.1, 0.15) is 5.60 Å². The Balaban J connectivity index is 1.90. The van der Waals surface area contributed by atoms with Crippen molar-refractivity contribution in [2.75, 3.05) is 13.1 Å². The summed E-state index contributed by atoms with van der Waals surface area (Å²) < 4.78 is 6.33. The molecule has 136 valence electrons. The summed E-state index contributed by atoms with van der Waals surface area (Å²) in [5.41, 5.74) is 0.181. The maximum atomic E-state index is 12.5. The first-order valence-corrected chi connectivity index (χ1v) is 9.22. The van der Waals surface area contributed by atoms with Gasteiger partial charge in [-0.15, -0.1) is 0 Å². The Kier molecular flexibility index (Phi) is 6.64. The van der Waals surface area contributed by atoms with Crippen molar-refractivity contribution in [3.8, 4) is 0 Å². The highest BCUT2D eigenvalue weighted by Gasteiger charge is 2.30. The van der Waals surface area contributed by atoms with E-state index in [1.165, 1.54) is 0 Å². The lowest BCUT2D eigenvalue weighted by atomic mass is 10.1. The lowest BCUT2D eigenvalue weighted by Gasteiger charge is -2.24. The standard InChI is InChI=1S/C19H25BrN2O3/c1-19(2,3)25-18(24)22-12-11-16(13-22)21-17(23)14-7-4-5-9-15(20)10-6-8-14/h4-6,8-10,16H,7,11-13H2,1-3H3,(H,21,23)/b5-4-,10-6-,14-8+,15-9+/t16-/m1/s1. The Hall–Kier alpha value is -1.82. The van der Waals surface area contributed by atoms with Crippen LogP contribution in [0.2, 0.25) is 0 Å². The molecule has 1 fully saturated rings. The Morgan fingerprint density at radius 1 is 1.28 bits per heavy atom. The van der Waals surface area contributed by atoms with Crippen molar-refractivity contribution in [2.45, 2.75) is 45.3 Å². The zero-order valence-corrected chi connectivity index (χ0v) is 16.5. The zero-order valence-electron chi connectivity index (χ0n) is 14.9. The first-order chi connectivity index (χ1) is 11.7. The molecule has 0 aromatic rings. The summed E-state index contributed by atoms with van der Waals surface area (Å²) in [6, 6.07) is -0.0497. The molecule has 1 atom stereocenters. The molecular weight excluding hydrogens is 384 g/mol. The first-order valence-electron chi connectivity index (χ1n) is 8.43. The average molecular weight is 409 g/mol. The first kappa shape index (κ1) is 19.5. The second-order valence-corrected chi connectivity index (χ2v) is 8.04. The summed E-state index contributed by atoms with van der Waals surface area (Å²) >= 11 is 3.42. The SMILES string of the molecule is CC(C)(C)OC(=O)N1CC[C@@H](NC(=O)/C2=C/C=C\C(Br)=C/C=C\C2)C1. The molecule has 1 aliphatic heterocycles. The van der Waals surface area contributed by atoms with E-state index < -0.39 is 5.60 Å². The van der Waals surface area contributed by atoms with Crippen LogP contribution in [0.5, 0.6) is 0 Å². The van der Waals surface area contributed by atoms with Gasteiger partial charge in [0.05, 0.1) is 0 Å². The van der Waals surface area contributed by atoms with Gasteiger partial charge < -0.3 is 15.0 Å². The molecule has 2 aliphatic rings. The van der Waals surface area contributed by atoms with E-state index >= 15 is 0 Å². The molecule has 0 unspecified atom stereocenters. The van der Waals surface area contributed by atoms with Crippen LogP contribution in [0.3, 0.4) is 0 Å². The number of nitrogens with one attached hydrogen (secondary N) is 1. The minimum absolute atomic E-state index is 0.0497. The maximum Gasteiger partial charge on any atom is 0.410 e. The van der Waals surface area contributed by atoms with Gasteiger partial charge in [0, 0.05) is 29.2 Å². The largest absolute Gasteiger partial charge is 0.444 e.